The van der Waals surface area contributed by atoms with Crippen LogP contribution in [0.4, 0.5) is 4.39 Å². The van der Waals surface area contributed by atoms with Crippen LogP contribution < -0.4 is 0 Å². The van der Waals surface area contributed by atoms with Crippen LogP contribution in [0.3, 0.4) is 0 Å². The normalized spacial score (nSPS) is 11.9. The molecule has 78 valence electrons. The molecule has 1 unspecified atom stereocenters. The fourth-order valence-electron chi connectivity index (χ4n) is 1.60. The molecule has 2 rings (SSSR count). The maximum Gasteiger partial charge on any atom is 0.142 e. The van der Waals surface area contributed by atoms with Crippen molar-refractivity contribution in [3.63, 3.8) is 0 Å². The third kappa shape index (κ3) is 1.59. The summed E-state index contributed by atoms with van der Waals surface area (Å²) in [5.74, 6) is -1.01. The molecule has 0 radical (unpaired) electrons. The lowest BCUT2D eigenvalue weighted by molar-refractivity contribution is 0.624. The minimum absolute atomic E-state index is 0.0833. The Morgan fingerprint density at radius 2 is 2.31 bits per heavy atom. The van der Waals surface area contributed by atoms with Crippen LogP contribution in [0.1, 0.15) is 17.9 Å². The Hall–Kier alpha value is -2.40. The zero-order valence-corrected chi connectivity index (χ0v) is 8.24. The van der Waals surface area contributed by atoms with Crippen molar-refractivity contribution in [2.45, 2.75) is 12.3 Å². The van der Waals surface area contributed by atoms with E-state index in [2.05, 4.69) is 9.97 Å². The second-order valence-corrected chi connectivity index (χ2v) is 3.34. The average molecular weight is 214 g/mol. The van der Waals surface area contributed by atoms with Crippen LogP contribution in [-0.2, 0) is 0 Å². The van der Waals surface area contributed by atoms with E-state index in [-0.39, 0.29) is 6.42 Å². The van der Waals surface area contributed by atoms with Gasteiger partial charge in [0.15, 0.2) is 0 Å². The standard InChI is InChI=1S/C11H7FN4/c12-8-3-9-10(7(4-14)1-2-13)6-16-11(9)15-5-8/h3,5-7H,1H2,(H,15,16). The topological polar surface area (TPSA) is 76.3 Å². The molecule has 0 spiro atoms. The Bertz CT molecular complexity index is 602. The van der Waals surface area contributed by atoms with Gasteiger partial charge in [-0.25, -0.2) is 9.37 Å². The van der Waals surface area contributed by atoms with Gasteiger partial charge in [-0.1, -0.05) is 0 Å². The molecule has 5 heteroatoms. The van der Waals surface area contributed by atoms with Crippen LogP contribution in [0.5, 0.6) is 0 Å². The molecule has 0 amide bonds. The summed E-state index contributed by atoms with van der Waals surface area (Å²) in [6, 6.07) is 5.28. The van der Waals surface area contributed by atoms with Crippen molar-refractivity contribution in [3.05, 3.63) is 29.8 Å². The maximum absolute atomic E-state index is 13.0. The number of pyridine rings is 1. The Morgan fingerprint density at radius 1 is 1.50 bits per heavy atom. The molecule has 0 bridgehead atoms. The van der Waals surface area contributed by atoms with Gasteiger partial charge in [0.2, 0.25) is 0 Å². The zero-order chi connectivity index (χ0) is 11.5. The van der Waals surface area contributed by atoms with Crippen molar-refractivity contribution in [2.75, 3.05) is 0 Å². The van der Waals surface area contributed by atoms with E-state index in [0.29, 0.717) is 16.6 Å². The molecule has 0 aliphatic carbocycles. The van der Waals surface area contributed by atoms with E-state index < -0.39 is 11.7 Å². The number of nitriles is 2. The number of nitrogens with zero attached hydrogens (tertiary/aromatic N) is 3. The first kappa shape index (κ1) is 10.1. The van der Waals surface area contributed by atoms with Crippen LogP contribution in [0.2, 0.25) is 0 Å². The Labute approximate surface area is 91.0 Å². The van der Waals surface area contributed by atoms with Gasteiger partial charge in [-0.15, -0.1) is 0 Å². The summed E-state index contributed by atoms with van der Waals surface area (Å²) >= 11 is 0. The smallest absolute Gasteiger partial charge is 0.142 e. The first-order valence-corrected chi connectivity index (χ1v) is 4.65. The van der Waals surface area contributed by atoms with Crippen LogP contribution >= 0.6 is 0 Å². The van der Waals surface area contributed by atoms with Gasteiger partial charge in [-0.2, -0.15) is 10.5 Å². The number of aromatic nitrogens is 2. The second-order valence-electron chi connectivity index (χ2n) is 3.34. The summed E-state index contributed by atoms with van der Waals surface area (Å²) < 4.78 is 13.0. The molecule has 16 heavy (non-hydrogen) atoms. The lowest BCUT2D eigenvalue weighted by Gasteiger charge is -2.01. The lowest BCUT2D eigenvalue weighted by atomic mass is 9.98. The van der Waals surface area contributed by atoms with Crippen molar-refractivity contribution in [3.8, 4) is 12.1 Å². The second kappa shape index (κ2) is 4.00. The van der Waals surface area contributed by atoms with E-state index in [1.807, 2.05) is 12.1 Å². The molecule has 0 saturated heterocycles. The van der Waals surface area contributed by atoms with Gasteiger partial charge in [0.05, 0.1) is 30.7 Å². The minimum Gasteiger partial charge on any atom is -0.346 e. The molecule has 2 aromatic heterocycles. The molecule has 2 heterocycles. The summed E-state index contributed by atoms with van der Waals surface area (Å²) in [6.45, 7) is 0. The number of hydrogen-bond donors (Lipinski definition) is 1. The molecule has 2 aromatic rings. The van der Waals surface area contributed by atoms with Gasteiger partial charge < -0.3 is 4.98 Å². The summed E-state index contributed by atoms with van der Waals surface area (Å²) in [7, 11) is 0. The van der Waals surface area contributed by atoms with E-state index in [1.165, 1.54) is 6.07 Å². The number of hydrogen-bond acceptors (Lipinski definition) is 3. The maximum atomic E-state index is 13.0. The number of halogens is 1. The van der Waals surface area contributed by atoms with Crippen molar-refractivity contribution < 1.29 is 4.39 Å². The minimum atomic E-state index is -0.553. The van der Waals surface area contributed by atoms with Crippen LogP contribution in [0.15, 0.2) is 18.5 Å². The molecule has 0 fully saturated rings. The quantitative estimate of drug-likeness (QED) is 0.832. The number of rotatable bonds is 2. The molecule has 1 atom stereocenters. The Morgan fingerprint density at radius 3 is 3.00 bits per heavy atom. The molecule has 0 saturated carbocycles. The van der Waals surface area contributed by atoms with Gasteiger partial charge in [0, 0.05) is 11.6 Å². The first-order chi connectivity index (χ1) is 7.76. The Kier molecular flexibility index (Phi) is 2.53. The molecular weight excluding hydrogens is 207 g/mol. The Balaban J connectivity index is 2.57. The third-order valence-electron chi connectivity index (χ3n) is 2.36. The van der Waals surface area contributed by atoms with Crippen molar-refractivity contribution in [1.29, 1.82) is 10.5 Å². The van der Waals surface area contributed by atoms with Crippen LogP contribution in [0, 0.1) is 28.5 Å². The van der Waals surface area contributed by atoms with E-state index in [4.69, 9.17) is 10.5 Å². The number of aromatic amines is 1. The highest BCUT2D eigenvalue weighted by Gasteiger charge is 2.15. The molecule has 0 aliphatic rings. The fourth-order valence-corrected chi connectivity index (χ4v) is 1.60. The molecule has 1 N–H and O–H groups in total. The SMILES string of the molecule is N#CCC(C#N)c1c[nH]c2ncc(F)cc12. The van der Waals surface area contributed by atoms with E-state index >= 15 is 0 Å². The first-order valence-electron chi connectivity index (χ1n) is 4.65. The average Bonchev–Trinajstić information content (AvgIpc) is 2.69. The lowest BCUT2D eigenvalue weighted by Crippen LogP contribution is -1.93. The number of nitrogens with one attached hydrogen (secondary N) is 1. The largest absolute Gasteiger partial charge is 0.346 e. The van der Waals surface area contributed by atoms with Crippen molar-refractivity contribution in [2.24, 2.45) is 0 Å². The fraction of sp³-hybridized carbons (Fsp3) is 0.182. The highest BCUT2D eigenvalue weighted by Crippen LogP contribution is 2.26. The van der Waals surface area contributed by atoms with E-state index in [0.717, 1.165) is 6.20 Å². The summed E-state index contributed by atoms with van der Waals surface area (Å²) in [4.78, 5) is 6.71. The predicted molar refractivity (Wildman–Crippen MR) is 54.6 cm³/mol. The summed E-state index contributed by atoms with van der Waals surface area (Å²) in [5.41, 5.74) is 1.14. The van der Waals surface area contributed by atoms with Gasteiger partial charge in [0.1, 0.15) is 11.5 Å². The van der Waals surface area contributed by atoms with Crippen LogP contribution in [-0.4, -0.2) is 9.97 Å². The highest BCUT2D eigenvalue weighted by atomic mass is 19.1. The van der Waals surface area contributed by atoms with Gasteiger partial charge in [-0.05, 0) is 11.6 Å². The highest BCUT2D eigenvalue weighted by molar-refractivity contribution is 5.80. The summed E-state index contributed by atoms with van der Waals surface area (Å²) in [5, 5.41) is 18.1. The monoisotopic (exact) mass is 214 g/mol. The predicted octanol–water partition coefficient (Wildman–Crippen LogP) is 2.22. The zero-order valence-electron chi connectivity index (χ0n) is 8.24. The van der Waals surface area contributed by atoms with Gasteiger partial charge >= 0.3 is 0 Å². The molecule has 0 aromatic carbocycles. The molecule has 0 aliphatic heterocycles. The molecule has 4 nitrogen and oxygen atoms in total. The van der Waals surface area contributed by atoms with Crippen molar-refractivity contribution >= 4 is 11.0 Å². The number of fused-ring (bicyclic) bond motifs is 1. The van der Waals surface area contributed by atoms with Crippen LogP contribution in [0.25, 0.3) is 11.0 Å². The number of H-pyrrole nitrogens is 1. The third-order valence-corrected chi connectivity index (χ3v) is 2.36. The van der Waals surface area contributed by atoms with Gasteiger partial charge in [0.25, 0.3) is 0 Å². The van der Waals surface area contributed by atoms with Gasteiger partial charge in [-0.3, -0.25) is 0 Å². The van der Waals surface area contributed by atoms with Crippen molar-refractivity contribution in [1.82, 2.24) is 9.97 Å². The van der Waals surface area contributed by atoms with E-state index in [1.54, 1.807) is 6.20 Å². The summed E-state index contributed by atoms with van der Waals surface area (Å²) in [6.07, 6.45) is 2.79. The molecular formula is C11H7FN4. The van der Waals surface area contributed by atoms with E-state index in [9.17, 15) is 4.39 Å².